The Hall–Kier alpha value is -1.04. The third-order valence-corrected chi connectivity index (χ3v) is 3.03. The molecule has 13 heavy (non-hydrogen) atoms. The molecule has 0 amide bonds. The molecule has 2 unspecified atom stereocenters. The molecule has 0 heterocycles. The Kier molecular flexibility index (Phi) is 1.99. The highest BCUT2D eigenvalue weighted by atomic mass is 14.3. The molecule has 1 aromatic rings. The molecule has 0 fully saturated rings. The topological polar surface area (TPSA) is 0 Å². The molecule has 0 heteroatoms. The molecular formula is C13H16. The normalized spacial score (nSPS) is 25.7. The lowest BCUT2D eigenvalue weighted by Crippen LogP contribution is -2.03. The fourth-order valence-electron chi connectivity index (χ4n) is 2.55. The van der Waals surface area contributed by atoms with Crippen molar-refractivity contribution in [1.82, 2.24) is 0 Å². The summed E-state index contributed by atoms with van der Waals surface area (Å²) >= 11 is 0. The van der Waals surface area contributed by atoms with E-state index in [2.05, 4.69) is 44.7 Å². The molecule has 0 aliphatic heterocycles. The summed E-state index contributed by atoms with van der Waals surface area (Å²) in [5.74, 6) is 1.33. The Balaban J connectivity index is 2.46. The van der Waals surface area contributed by atoms with E-state index in [9.17, 15) is 0 Å². The summed E-state index contributed by atoms with van der Waals surface area (Å²) in [5.41, 5.74) is 4.32. The van der Waals surface area contributed by atoms with Gasteiger partial charge in [0.25, 0.3) is 0 Å². The second-order valence-electron chi connectivity index (χ2n) is 4.20. The van der Waals surface area contributed by atoms with Crippen molar-refractivity contribution in [2.24, 2.45) is 5.92 Å². The molecule has 68 valence electrons. The standard InChI is InChI=1S/C13H16/c1-9(2)13-10(3)8-11-6-4-5-7-12(11)13/h4-7,10,13H,1,8H2,2-3H3. The van der Waals surface area contributed by atoms with E-state index in [1.54, 1.807) is 0 Å². The van der Waals surface area contributed by atoms with Gasteiger partial charge in [0.1, 0.15) is 0 Å². The molecule has 0 spiro atoms. The van der Waals surface area contributed by atoms with Crippen LogP contribution in [0.4, 0.5) is 0 Å². The molecule has 0 aromatic heterocycles. The summed E-state index contributed by atoms with van der Waals surface area (Å²) in [5, 5.41) is 0. The van der Waals surface area contributed by atoms with Gasteiger partial charge in [-0.25, -0.2) is 0 Å². The molecule has 0 N–H and O–H groups in total. The Morgan fingerprint density at radius 3 is 2.77 bits per heavy atom. The zero-order chi connectivity index (χ0) is 9.42. The molecule has 0 radical (unpaired) electrons. The predicted molar refractivity (Wildman–Crippen MR) is 56.9 cm³/mol. The van der Waals surface area contributed by atoms with Crippen LogP contribution in [0, 0.1) is 5.92 Å². The fraction of sp³-hybridized carbons (Fsp3) is 0.385. The lowest BCUT2D eigenvalue weighted by atomic mass is 9.88. The Morgan fingerprint density at radius 2 is 2.08 bits per heavy atom. The largest absolute Gasteiger partial charge is 0.0995 e. The van der Waals surface area contributed by atoms with Crippen molar-refractivity contribution in [2.45, 2.75) is 26.2 Å². The lowest BCUT2D eigenvalue weighted by Gasteiger charge is -2.16. The molecule has 0 bridgehead atoms. The Bertz CT molecular complexity index is 336. The van der Waals surface area contributed by atoms with Gasteiger partial charge < -0.3 is 0 Å². The van der Waals surface area contributed by atoms with Crippen LogP contribution in [0.15, 0.2) is 36.4 Å². The predicted octanol–water partition coefficient (Wildman–Crippen LogP) is 3.54. The average molecular weight is 172 g/mol. The maximum absolute atomic E-state index is 4.09. The SMILES string of the molecule is C=C(C)C1c2ccccc2CC1C. The van der Waals surface area contributed by atoms with Crippen molar-refractivity contribution in [3.63, 3.8) is 0 Å². The molecule has 1 aliphatic rings. The average Bonchev–Trinajstić information content (AvgIpc) is 2.39. The number of benzene rings is 1. The van der Waals surface area contributed by atoms with Crippen LogP contribution < -0.4 is 0 Å². The number of hydrogen-bond donors (Lipinski definition) is 0. The summed E-state index contributed by atoms with van der Waals surface area (Å²) in [4.78, 5) is 0. The van der Waals surface area contributed by atoms with Gasteiger partial charge in [-0.15, -0.1) is 0 Å². The van der Waals surface area contributed by atoms with Crippen molar-refractivity contribution in [2.75, 3.05) is 0 Å². The smallest absolute Gasteiger partial charge is 0.00742 e. The summed E-state index contributed by atoms with van der Waals surface area (Å²) in [6, 6.07) is 8.76. The first-order valence-electron chi connectivity index (χ1n) is 4.93. The Labute approximate surface area is 80.3 Å². The number of rotatable bonds is 1. The minimum Gasteiger partial charge on any atom is -0.0995 e. The van der Waals surface area contributed by atoms with E-state index < -0.39 is 0 Å². The van der Waals surface area contributed by atoms with E-state index in [4.69, 9.17) is 0 Å². The third kappa shape index (κ3) is 1.31. The van der Waals surface area contributed by atoms with Gasteiger partial charge in [0.15, 0.2) is 0 Å². The second kappa shape index (κ2) is 3.02. The van der Waals surface area contributed by atoms with E-state index in [1.165, 1.54) is 23.1 Å². The quantitative estimate of drug-likeness (QED) is 0.568. The van der Waals surface area contributed by atoms with Crippen LogP contribution in [0.2, 0.25) is 0 Å². The van der Waals surface area contributed by atoms with Gasteiger partial charge in [0, 0.05) is 5.92 Å². The van der Waals surface area contributed by atoms with Gasteiger partial charge in [-0.2, -0.15) is 0 Å². The maximum Gasteiger partial charge on any atom is 0.00742 e. The third-order valence-electron chi connectivity index (χ3n) is 3.03. The van der Waals surface area contributed by atoms with Gasteiger partial charge in [-0.05, 0) is 30.4 Å². The fourth-order valence-corrected chi connectivity index (χ4v) is 2.55. The van der Waals surface area contributed by atoms with Crippen molar-refractivity contribution >= 4 is 0 Å². The van der Waals surface area contributed by atoms with Crippen LogP contribution in [0.1, 0.15) is 30.9 Å². The number of allylic oxidation sites excluding steroid dienone is 1. The highest BCUT2D eigenvalue weighted by Gasteiger charge is 2.28. The highest BCUT2D eigenvalue weighted by molar-refractivity contribution is 5.40. The van der Waals surface area contributed by atoms with Crippen molar-refractivity contribution in [3.05, 3.63) is 47.5 Å². The first-order valence-corrected chi connectivity index (χ1v) is 4.93. The van der Waals surface area contributed by atoms with Gasteiger partial charge >= 0.3 is 0 Å². The second-order valence-corrected chi connectivity index (χ2v) is 4.20. The monoisotopic (exact) mass is 172 g/mol. The van der Waals surface area contributed by atoms with Crippen LogP contribution in [0.5, 0.6) is 0 Å². The lowest BCUT2D eigenvalue weighted by molar-refractivity contribution is 0.551. The van der Waals surface area contributed by atoms with Crippen molar-refractivity contribution < 1.29 is 0 Å². The molecule has 0 saturated heterocycles. The zero-order valence-corrected chi connectivity index (χ0v) is 8.38. The minimum absolute atomic E-state index is 0.594. The van der Waals surface area contributed by atoms with Crippen molar-refractivity contribution in [1.29, 1.82) is 0 Å². The first-order chi connectivity index (χ1) is 6.20. The van der Waals surface area contributed by atoms with Crippen LogP contribution >= 0.6 is 0 Å². The van der Waals surface area contributed by atoms with Gasteiger partial charge in [0.05, 0.1) is 0 Å². The van der Waals surface area contributed by atoms with E-state index in [0.29, 0.717) is 5.92 Å². The number of fused-ring (bicyclic) bond motifs is 1. The van der Waals surface area contributed by atoms with E-state index >= 15 is 0 Å². The molecule has 1 aromatic carbocycles. The summed E-state index contributed by atoms with van der Waals surface area (Å²) in [7, 11) is 0. The molecule has 1 aliphatic carbocycles. The zero-order valence-electron chi connectivity index (χ0n) is 8.38. The maximum atomic E-state index is 4.09. The molecule has 0 saturated carbocycles. The van der Waals surface area contributed by atoms with Gasteiger partial charge in [-0.3, -0.25) is 0 Å². The molecule has 2 atom stereocenters. The van der Waals surface area contributed by atoms with E-state index in [-0.39, 0.29) is 0 Å². The van der Waals surface area contributed by atoms with Gasteiger partial charge in [-0.1, -0.05) is 43.3 Å². The van der Waals surface area contributed by atoms with Crippen LogP contribution in [-0.4, -0.2) is 0 Å². The summed E-state index contributed by atoms with van der Waals surface area (Å²) in [6.45, 7) is 8.55. The highest BCUT2D eigenvalue weighted by Crippen LogP contribution is 2.41. The molecule has 0 nitrogen and oxygen atoms in total. The minimum atomic E-state index is 0.594. The summed E-state index contributed by atoms with van der Waals surface area (Å²) < 4.78 is 0. The number of hydrogen-bond acceptors (Lipinski definition) is 0. The van der Waals surface area contributed by atoms with E-state index in [0.717, 1.165) is 5.92 Å². The molecule has 2 rings (SSSR count). The van der Waals surface area contributed by atoms with Crippen molar-refractivity contribution in [3.8, 4) is 0 Å². The van der Waals surface area contributed by atoms with Crippen LogP contribution in [-0.2, 0) is 6.42 Å². The first kappa shape index (κ1) is 8.55. The van der Waals surface area contributed by atoms with Crippen LogP contribution in [0.3, 0.4) is 0 Å². The molecular weight excluding hydrogens is 156 g/mol. The van der Waals surface area contributed by atoms with E-state index in [1.807, 2.05) is 0 Å². The van der Waals surface area contributed by atoms with Gasteiger partial charge in [0.2, 0.25) is 0 Å². The summed E-state index contributed by atoms with van der Waals surface area (Å²) in [6.07, 6.45) is 1.22. The Morgan fingerprint density at radius 1 is 1.38 bits per heavy atom. The van der Waals surface area contributed by atoms with Crippen LogP contribution in [0.25, 0.3) is 0 Å².